The van der Waals surface area contributed by atoms with Gasteiger partial charge in [0.1, 0.15) is 6.61 Å². The van der Waals surface area contributed by atoms with Crippen molar-refractivity contribution in [2.45, 2.75) is 77.0 Å². The van der Waals surface area contributed by atoms with Gasteiger partial charge in [-0.3, -0.25) is 9.59 Å². The van der Waals surface area contributed by atoms with E-state index in [1.165, 1.54) is 0 Å². The minimum Gasteiger partial charge on any atom is -0.790 e. The summed E-state index contributed by atoms with van der Waals surface area (Å²) in [5.41, 5.74) is -1.85. The van der Waals surface area contributed by atoms with Crippen molar-refractivity contribution in [2.75, 3.05) is 6.61 Å². The Hall–Kier alpha value is 0.810. The Morgan fingerprint density at radius 2 is 1.92 bits per heavy atom. The van der Waals surface area contributed by atoms with Gasteiger partial charge in [0.15, 0.2) is 23.0 Å². The topological polar surface area (TPSA) is 145 Å². The van der Waals surface area contributed by atoms with E-state index in [1.54, 1.807) is 26.0 Å². The van der Waals surface area contributed by atoms with E-state index in [2.05, 4.69) is 11.4 Å². The molecule has 1 N–H and O–H groups in total. The molecular weight excluding hydrogens is 509 g/mol. The van der Waals surface area contributed by atoms with Crippen LogP contribution in [0.3, 0.4) is 0 Å². The van der Waals surface area contributed by atoms with E-state index in [1.807, 2.05) is 13.0 Å². The third-order valence-corrected chi connectivity index (χ3v) is 9.70. The zero-order valence-electron chi connectivity index (χ0n) is 21.8. The Balaban J connectivity index is 0.00000180. The van der Waals surface area contributed by atoms with Gasteiger partial charge in [-0.25, -0.2) is 0 Å². The first kappa shape index (κ1) is 31.3. The van der Waals surface area contributed by atoms with Gasteiger partial charge in [-0.2, -0.15) is 0 Å². The van der Waals surface area contributed by atoms with Crippen LogP contribution in [0.1, 0.15) is 53.4 Å². The number of ether oxygens (including phenoxy) is 2. The number of Topliss-reactive ketones (excluding diaryl/α,β-unsaturated/α-hetero) is 1. The molecule has 1 heterocycles. The molecular formula is C24H31Na2O9P. The quantitative estimate of drug-likeness (QED) is 0.274. The van der Waals surface area contributed by atoms with Crippen molar-refractivity contribution in [3.05, 3.63) is 23.8 Å². The molecule has 9 nitrogen and oxygen atoms in total. The first-order valence-corrected chi connectivity index (χ1v) is 13.3. The standard InChI is InChI=1S/C24H33O9P.2Na/c1-21(2)32-19-10-16-15-6-5-13-9-14(25)7-8-22(13,3)20(15)17(26)11-23(16,4)24(19,33-21)18(27)12-31-34(28,29)30;;/h7-9,15-17,19-20,26H,5-6,10-12H2,1-4H3,(H2,28,29,30);;/q;2*+1/p-2/t15?,16?,17-,19-,20?,22-,23-,24+;;/m0../s1. The summed E-state index contributed by atoms with van der Waals surface area (Å²) in [5.74, 6) is -1.97. The Morgan fingerprint density at radius 1 is 1.25 bits per heavy atom. The van der Waals surface area contributed by atoms with Crippen LogP contribution >= 0.6 is 7.82 Å². The van der Waals surface area contributed by atoms with Gasteiger partial charge in [-0.1, -0.05) is 25.5 Å². The monoisotopic (exact) mass is 540 g/mol. The van der Waals surface area contributed by atoms with Gasteiger partial charge < -0.3 is 33.5 Å². The van der Waals surface area contributed by atoms with Crippen molar-refractivity contribution in [1.82, 2.24) is 0 Å². The number of aliphatic hydroxyl groups is 1. The molecule has 188 valence electrons. The maximum atomic E-state index is 13.6. The molecule has 4 aliphatic carbocycles. The fourth-order valence-electron chi connectivity index (χ4n) is 8.17. The van der Waals surface area contributed by atoms with Crippen LogP contribution in [0.2, 0.25) is 0 Å². The van der Waals surface area contributed by atoms with Crippen LogP contribution < -0.4 is 68.9 Å². The SMILES string of the molecule is CC1(C)O[C@H]2CC3C4CCC5=CC(=O)C=C[C@]5(C)C4[C@@H](O)C[C@]3(C)[C@]2(C(=O)COP(=O)([O-])[O-])O1.[Na+].[Na+]. The molecule has 0 spiro atoms. The molecule has 36 heavy (non-hydrogen) atoms. The Labute approximate surface area is 255 Å². The van der Waals surface area contributed by atoms with Crippen LogP contribution in [-0.2, 0) is 28.2 Å². The molecule has 3 saturated carbocycles. The molecule has 4 fully saturated rings. The van der Waals surface area contributed by atoms with Crippen LogP contribution in [0.25, 0.3) is 0 Å². The number of ketones is 2. The molecule has 1 saturated heterocycles. The van der Waals surface area contributed by atoms with Gasteiger partial charge in [0.25, 0.3) is 0 Å². The summed E-state index contributed by atoms with van der Waals surface area (Å²) in [6.45, 7) is 6.42. The van der Waals surface area contributed by atoms with Gasteiger partial charge in [-0.15, -0.1) is 0 Å². The fourth-order valence-corrected chi connectivity index (χ4v) is 8.44. The van der Waals surface area contributed by atoms with E-state index in [0.29, 0.717) is 12.8 Å². The van der Waals surface area contributed by atoms with Crippen LogP contribution in [0, 0.1) is 28.6 Å². The van der Waals surface area contributed by atoms with E-state index in [0.717, 1.165) is 12.0 Å². The summed E-state index contributed by atoms with van der Waals surface area (Å²) in [5, 5.41) is 11.6. The molecule has 8 atom stereocenters. The molecule has 0 aromatic carbocycles. The van der Waals surface area contributed by atoms with E-state index in [-0.39, 0.29) is 89.1 Å². The molecule has 0 amide bonds. The summed E-state index contributed by atoms with van der Waals surface area (Å²) < 4.78 is 28.0. The number of phosphoric acid groups is 1. The van der Waals surface area contributed by atoms with Crippen molar-refractivity contribution in [2.24, 2.45) is 28.6 Å². The molecule has 0 bridgehead atoms. The van der Waals surface area contributed by atoms with Gasteiger partial charge in [0, 0.05) is 16.7 Å². The molecule has 5 aliphatic rings. The second-order valence-corrected chi connectivity index (χ2v) is 12.6. The number of allylic oxidation sites excluding steroid dienone is 4. The number of carbonyl (C=O) groups excluding carboxylic acids is 2. The van der Waals surface area contributed by atoms with E-state index < -0.39 is 54.6 Å². The summed E-state index contributed by atoms with van der Waals surface area (Å²) in [4.78, 5) is 47.8. The number of phosphoric ester groups is 1. The number of fused-ring (bicyclic) bond motifs is 7. The zero-order valence-corrected chi connectivity index (χ0v) is 26.7. The average molecular weight is 540 g/mol. The zero-order chi connectivity index (χ0) is 24.9. The van der Waals surface area contributed by atoms with Crippen molar-refractivity contribution in [3.8, 4) is 0 Å². The molecule has 0 aromatic heterocycles. The van der Waals surface area contributed by atoms with Gasteiger partial charge in [0.2, 0.25) is 0 Å². The van der Waals surface area contributed by atoms with E-state index in [9.17, 15) is 29.0 Å². The number of hydrogen-bond donors (Lipinski definition) is 1. The minimum absolute atomic E-state index is 0. The van der Waals surface area contributed by atoms with Crippen molar-refractivity contribution in [3.63, 3.8) is 0 Å². The molecule has 5 rings (SSSR count). The second-order valence-electron chi connectivity index (χ2n) is 11.4. The number of carbonyl (C=O) groups is 2. The Morgan fingerprint density at radius 3 is 2.56 bits per heavy atom. The second kappa shape index (κ2) is 10.0. The van der Waals surface area contributed by atoms with Crippen molar-refractivity contribution in [1.29, 1.82) is 0 Å². The van der Waals surface area contributed by atoms with Crippen molar-refractivity contribution >= 4 is 19.4 Å². The predicted octanol–water partition coefficient (Wildman–Crippen LogP) is -4.81. The third-order valence-electron chi connectivity index (χ3n) is 9.26. The van der Waals surface area contributed by atoms with Crippen LogP contribution in [0.4, 0.5) is 0 Å². The first-order valence-electron chi connectivity index (χ1n) is 11.8. The third kappa shape index (κ3) is 4.62. The van der Waals surface area contributed by atoms with Crippen molar-refractivity contribution < 1.29 is 102 Å². The molecule has 3 unspecified atom stereocenters. The molecule has 0 radical (unpaired) electrons. The summed E-state index contributed by atoms with van der Waals surface area (Å²) >= 11 is 0. The maximum absolute atomic E-state index is 13.6. The summed E-state index contributed by atoms with van der Waals surface area (Å²) in [6.07, 6.45) is 5.90. The smallest absolute Gasteiger partial charge is 0.790 e. The Kier molecular flexibility index (Phi) is 8.72. The average Bonchev–Trinajstić information content (AvgIpc) is 3.12. The number of rotatable bonds is 4. The van der Waals surface area contributed by atoms with E-state index in [4.69, 9.17) is 9.47 Å². The number of hydrogen-bond acceptors (Lipinski definition) is 9. The normalized spacial score (nSPS) is 44.2. The first-order chi connectivity index (χ1) is 15.6. The molecule has 1 aliphatic heterocycles. The van der Waals surface area contributed by atoms with E-state index >= 15 is 0 Å². The van der Waals surface area contributed by atoms with Crippen LogP contribution in [0.15, 0.2) is 23.8 Å². The van der Waals surface area contributed by atoms with Gasteiger partial charge in [-0.05, 0) is 63.5 Å². The summed E-state index contributed by atoms with van der Waals surface area (Å²) in [6, 6.07) is 0. The predicted molar refractivity (Wildman–Crippen MR) is 115 cm³/mol. The largest absolute Gasteiger partial charge is 1.00 e. The fraction of sp³-hybridized carbons (Fsp3) is 0.750. The number of aliphatic hydroxyl groups excluding tert-OH is 1. The minimum atomic E-state index is -5.36. The van der Waals surface area contributed by atoms with Gasteiger partial charge in [0.05, 0.1) is 20.0 Å². The van der Waals surface area contributed by atoms with Crippen LogP contribution in [-0.4, -0.2) is 46.9 Å². The van der Waals surface area contributed by atoms with Crippen LogP contribution in [0.5, 0.6) is 0 Å². The maximum Gasteiger partial charge on any atom is 1.00 e. The molecule has 0 aromatic rings. The summed E-state index contributed by atoms with van der Waals surface area (Å²) in [7, 11) is -5.36. The Bertz CT molecular complexity index is 1050. The molecule has 12 heteroatoms. The van der Waals surface area contributed by atoms with Gasteiger partial charge >= 0.3 is 59.1 Å².